The lowest BCUT2D eigenvalue weighted by Gasteiger charge is -2.13. The van der Waals surface area contributed by atoms with Crippen molar-refractivity contribution in [2.24, 2.45) is 0 Å². The highest BCUT2D eigenvalue weighted by atomic mass is 16.3. The highest BCUT2D eigenvalue weighted by molar-refractivity contribution is 6.06. The highest BCUT2D eigenvalue weighted by Crippen LogP contribution is 2.20. The van der Waals surface area contributed by atoms with Crippen molar-refractivity contribution in [2.75, 3.05) is 6.54 Å². The summed E-state index contributed by atoms with van der Waals surface area (Å²) >= 11 is 0. The predicted molar refractivity (Wildman–Crippen MR) is 53.4 cm³/mol. The third-order valence-corrected chi connectivity index (χ3v) is 2.45. The molecule has 0 aliphatic carbocycles. The van der Waals surface area contributed by atoms with Crippen molar-refractivity contribution in [3.63, 3.8) is 0 Å². The zero-order valence-electron chi connectivity index (χ0n) is 8.14. The Kier molecular flexibility index (Phi) is 2.41. The average molecular weight is 205 g/mol. The summed E-state index contributed by atoms with van der Waals surface area (Å²) in [7, 11) is 0. The molecule has 4 nitrogen and oxygen atoms in total. The topological polar surface area (TPSA) is 57.6 Å². The van der Waals surface area contributed by atoms with Gasteiger partial charge in [0.15, 0.2) is 0 Å². The van der Waals surface area contributed by atoms with Crippen LogP contribution in [0.4, 0.5) is 0 Å². The van der Waals surface area contributed by atoms with E-state index < -0.39 is 5.91 Å². The standard InChI is InChI=1S/C11H11NO3/c13-9-5-2-1-4-8(9)11(15)12-7-3-6-10(12)14/h1-2,4-5,13H,3,6-7H2. The Bertz CT molecular complexity index is 414. The van der Waals surface area contributed by atoms with Crippen molar-refractivity contribution >= 4 is 11.8 Å². The van der Waals surface area contributed by atoms with Gasteiger partial charge in [-0.3, -0.25) is 14.5 Å². The zero-order chi connectivity index (χ0) is 10.8. The molecule has 1 aromatic rings. The van der Waals surface area contributed by atoms with Crippen LogP contribution in [0, 0.1) is 0 Å². The second-order valence-corrected chi connectivity index (χ2v) is 3.47. The Morgan fingerprint density at radius 2 is 2.07 bits per heavy atom. The van der Waals surface area contributed by atoms with Gasteiger partial charge in [-0.2, -0.15) is 0 Å². The molecule has 2 rings (SSSR count). The lowest BCUT2D eigenvalue weighted by atomic mass is 10.2. The fraction of sp³-hybridized carbons (Fsp3) is 0.273. The van der Waals surface area contributed by atoms with Crippen molar-refractivity contribution in [3.05, 3.63) is 29.8 Å². The van der Waals surface area contributed by atoms with Crippen LogP contribution in [0.25, 0.3) is 0 Å². The number of hydrogen-bond donors (Lipinski definition) is 1. The smallest absolute Gasteiger partial charge is 0.264 e. The number of nitrogens with zero attached hydrogens (tertiary/aromatic N) is 1. The number of carbonyl (C=O) groups is 2. The molecule has 1 saturated heterocycles. The van der Waals surface area contributed by atoms with Gasteiger partial charge in [0.25, 0.3) is 5.91 Å². The van der Waals surface area contributed by atoms with Crippen LogP contribution in [0.3, 0.4) is 0 Å². The molecule has 1 aliphatic heterocycles. The monoisotopic (exact) mass is 205 g/mol. The first-order valence-electron chi connectivity index (χ1n) is 4.83. The summed E-state index contributed by atoms with van der Waals surface area (Å²) in [6, 6.07) is 6.25. The van der Waals surface area contributed by atoms with Crippen LogP contribution >= 0.6 is 0 Å². The molecule has 2 amide bonds. The van der Waals surface area contributed by atoms with Crippen molar-refractivity contribution in [3.8, 4) is 5.75 Å². The first-order chi connectivity index (χ1) is 7.20. The molecule has 1 aromatic carbocycles. The summed E-state index contributed by atoms with van der Waals surface area (Å²) in [4.78, 5) is 24.3. The summed E-state index contributed by atoms with van der Waals surface area (Å²) < 4.78 is 0. The largest absolute Gasteiger partial charge is 0.507 e. The van der Waals surface area contributed by atoms with Crippen molar-refractivity contribution < 1.29 is 14.7 Å². The van der Waals surface area contributed by atoms with E-state index in [0.29, 0.717) is 19.4 Å². The number of benzene rings is 1. The fourth-order valence-electron chi connectivity index (χ4n) is 1.66. The Morgan fingerprint density at radius 1 is 1.33 bits per heavy atom. The van der Waals surface area contributed by atoms with Crippen LogP contribution in [-0.2, 0) is 4.79 Å². The number of aromatic hydroxyl groups is 1. The van der Waals surface area contributed by atoms with E-state index in [-0.39, 0.29) is 17.2 Å². The Hall–Kier alpha value is -1.84. The molecule has 1 fully saturated rings. The first kappa shape index (κ1) is 9.71. The molecule has 78 valence electrons. The van der Waals surface area contributed by atoms with Gasteiger partial charge in [0, 0.05) is 13.0 Å². The minimum atomic E-state index is -0.407. The van der Waals surface area contributed by atoms with Gasteiger partial charge in [-0.1, -0.05) is 12.1 Å². The molecule has 1 N–H and O–H groups in total. The van der Waals surface area contributed by atoms with Crippen molar-refractivity contribution in [1.29, 1.82) is 0 Å². The maximum absolute atomic E-state index is 11.8. The molecule has 4 heteroatoms. The van der Waals surface area contributed by atoms with Gasteiger partial charge >= 0.3 is 0 Å². The average Bonchev–Trinajstić information content (AvgIpc) is 2.64. The molecule has 0 bridgehead atoms. The quantitative estimate of drug-likeness (QED) is 0.700. The zero-order valence-corrected chi connectivity index (χ0v) is 8.14. The van der Waals surface area contributed by atoms with Crippen molar-refractivity contribution in [2.45, 2.75) is 12.8 Å². The fourth-order valence-corrected chi connectivity index (χ4v) is 1.66. The molecule has 0 spiro atoms. The van der Waals surface area contributed by atoms with Crippen molar-refractivity contribution in [1.82, 2.24) is 4.90 Å². The van der Waals surface area contributed by atoms with Crippen LogP contribution in [0.1, 0.15) is 23.2 Å². The lowest BCUT2D eigenvalue weighted by Crippen LogP contribution is -2.31. The van der Waals surface area contributed by atoms with E-state index in [9.17, 15) is 14.7 Å². The first-order valence-corrected chi connectivity index (χ1v) is 4.83. The van der Waals surface area contributed by atoms with Crippen LogP contribution < -0.4 is 0 Å². The van der Waals surface area contributed by atoms with Gasteiger partial charge in [0.05, 0.1) is 5.56 Å². The van der Waals surface area contributed by atoms with Crippen LogP contribution in [-0.4, -0.2) is 28.4 Å². The molecule has 1 aliphatic rings. The van der Waals surface area contributed by atoms with Gasteiger partial charge in [-0.25, -0.2) is 0 Å². The van der Waals surface area contributed by atoms with Crippen LogP contribution in [0.5, 0.6) is 5.75 Å². The lowest BCUT2D eigenvalue weighted by molar-refractivity contribution is -0.125. The number of phenolic OH excluding ortho intramolecular Hbond substituents is 1. The summed E-state index contributed by atoms with van der Waals surface area (Å²) in [5.74, 6) is -0.652. The molecule has 0 atom stereocenters. The van der Waals surface area contributed by atoms with E-state index in [1.165, 1.54) is 17.0 Å². The predicted octanol–water partition coefficient (Wildman–Crippen LogP) is 1.15. The summed E-state index contributed by atoms with van der Waals surface area (Å²) in [6.07, 6.45) is 1.12. The van der Waals surface area contributed by atoms with E-state index >= 15 is 0 Å². The number of imide groups is 1. The highest BCUT2D eigenvalue weighted by Gasteiger charge is 2.28. The van der Waals surface area contributed by atoms with Gasteiger partial charge in [-0.05, 0) is 18.6 Å². The van der Waals surface area contributed by atoms with Gasteiger partial charge < -0.3 is 5.11 Å². The summed E-state index contributed by atoms with van der Waals surface area (Å²) in [5.41, 5.74) is 0.188. The minimum Gasteiger partial charge on any atom is -0.507 e. The van der Waals surface area contributed by atoms with Gasteiger partial charge in [-0.15, -0.1) is 0 Å². The number of carbonyl (C=O) groups excluding carboxylic acids is 2. The molecular formula is C11H11NO3. The number of rotatable bonds is 1. The molecule has 0 aromatic heterocycles. The van der Waals surface area contributed by atoms with E-state index in [4.69, 9.17) is 0 Å². The van der Waals surface area contributed by atoms with Gasteiger partial charge in [0.2, 0.25) is 5.91 Å². The second kappa shape index (κ2) is 3.73. The normalized spacial score (nSPS) is 15.7. The molecule has 1 heterocycles. The van der Waals surface area contributed by atoms with E-state index in [1.54, 1.807) is 12.1 Å². The van der Waals surface area contributed by atoms with Crippen LogP contribution in [0.2, 0.25) is 0 Å². The Labute approximate surface area is 87.1 Å². The molecule has 0 unspecified atom stereocenters. The van der Waals surface area contributed by atoms with E-state index in [0.717, 1.165) is 0 Å². The Morgan fingerprint density at radius 3 is 2.67 bits per heavy atom. The SMILES string of the molecule is O=C1CCCN1C(=O)c1ccccc1O. The van der Waals surface area contributed by atoms with E-state index in [2.05, 4.69) is 0 Å². The maximum atomic E-state index is 11.8. The number of amides is 2. The minimum absolute atomic E-state index is 0.0813. The number of para-hydroxylation sites is 1. The summed E-state index contributed by atoms with van der Waals surface area (Å²) in [5, 5.41) is 9.47. The molecule has 0 radical (unpaired) electrons. The molecule has 0 saturated carbocycles. The number of likely N-dealkylation sites (tertiary alicyclic amines) is 1. The third-order valence-electron chi connectivity index (χ3n) is 2.45. The molecule has 15 heavy (non-hydrogen) atoms. The van der Waals surface area contributed by atoms with Crippen LogP contribution in [0.15, 0.2) is 24.3 Å². The van der Waals surface area contributed by atoms with Gasteiger partial charge in [0.1, 0.15) is 5.75 Å². The third kappa shape index (κ3) is 1.70. The number of hydrogen-bond acceptors (Lipinski definition) is 3. The van der Waals surface area contributed by atoms with E-state index in [1.807, 2.05) is 0 Å². The summed E-state index contributed by atoms with van der Waals surface area (Å²) in [6.45, 7) is 0.450. The Balaban J connectivity index is 2.28. The second-order valence-electron chi connectivity index (χ2n) is 3.47. The maximum Gasteiger partial charge on any atom is 0.264 e. The molecular weight excluding hydrogens is 194 g/mol. The number of phenols is 1.